The van der Waals surface area contributed by atoms with Crippen LogP contribution in [0.3, 0.4) is 0 Å². The number of hydrazine groups is 1. The van der Waals surface area contributed by atoms with E-state index in [1.807, 2.05) is 46.6 Å². The molecule has 0 aromatic carbocycles. The molecule has 0 aliphatic carbocycles. The first-order valence-electron chi connectivity index (χ1n) is 15.1. The maximum absolute atomic E-state index is 12.9. The van der Waals surface area contributed by atoms with Crippen LogP contribution in [-0.2, 0) is 28.8 Å². The quantitative estimate of drug-likeness (QED) is 0.107. The molecular formula is C30H55N5O6. The minimum atomic E-state index is -0.498. The van der Waals surface area contributed by atoms with Gasteiger partial charge in [-0.1, -0.05) is 54.4 Å². The lowest BCUT2D eigenvalue weighted by molar-refractivity contribution is -0.141. The summed E-state index contributed by atoms with van der Waals surface area (Å²) < 4.78 is 0. The third-order valence-corrected chi connectivity index (χ3v) is 7.28. The highest BCUT2D eigenvalue weighted by Crippen LogP contribution is 2.13. The van der Waals surface area contributed by atoms with Crippen LogP contribution >= 0.6 is 0 Å². The molecule has 0 fully saturated rings. The van der Waals surface area contributed by atoms with Crippen molar-refractivity contribution in [1.29, 1.82) is 0 Å². The van der Waals surface area contributed by atoms with Gasteiger partial charge >= 0.3 is 0 Å². The van der Waals surface area contributed by atoms with Crippen LogP contribution in [0.2, 0.25) is 0 Å². The van der Waals surface area contributed by atoms with E-state index in [9.17, 15) is 28.8 Å². The number of unbranched alkanes of at least 4 members (excludes halogenated alkanes) is 4. The molecule has 236 valence electrons. The van der Waals surface area contributed by atoms with Crippen LogP contribution in [0.5, 0.6) is 0 Å². The second-order valence-corrected chi connectivity index (χ2v) is 11.7. The van der Waals surface area contributed by atoms with Crippen LogP contribution in [0.25, 0.3) is 0 Å². The van der Waals surface area contributed by atoms with E-state index >= 15 is 0 Å². The Morgan fingerprint density at radius 2 is 1.27 bits per heavy atom. The zero-order valence-corrected chi connectivity index (χ0v) is 26.6. The highest BCUT2D eigenvalue weighted by Gasteiger charge is 2.30. The average molecular weight is 582 g/mol. The van der Waals surface area contributed by atoms with Gasteiger partial charge in [0.25, 0.3) is 0 Å². The third kappa shape index (κ3) is 15.7. The first-order chi connectivity index (χ1) is 19.3. The summed E-state index contributed by atoms with van der Waals surface area (Å²) in [5, 5.41) is 2.91. The molecule has 2 unspecified atom stereocenters. The topological polar surface area (TPSA) is 145 Å². The maximum atomic E-state index is 12.9. The number of carbonyl (C=O) groups is 6. The van der Waals surface area contributed by atoms with Gasteiger partial charge in [-0.05, 0) is 64.5 Å². The third-order valence-electron chi connectivity index (χ3n) is 7.28. The fraction of sp³-hybridized carbons (Fsp3) is 0.800. The Bertz CT molecular complexity index is 847. The molecule has 0 aliphatic rings. The van der Waals surface area contributed by atoms with Gasteiger partial charge in [0.05, 0.1) is 12.1 Å². The van der Waals surface area contributed by atoms with E-state index in [-0.39, 0.29) is 66.0 Å². The molecule has 3 atom stereocenters. The predicted molar refractivity (Wildman–Crippen MR) is 159 cm³/mol. The largest absolute Gasteiger partial charge is 0.345 e. The molecule has 3 N–H and O–H groups in total. The van der Waals surface area contributed by atoms with E-state index in [2.05, 4.69) is 16.2 Å². The van der Waals surface area contributed by atoms with E-state index in [0.29, 0.717) is 51.6 Å². The van der Waals surface area contributed by atoms with Gasteiger partial charge in [0.15, 0.2) is 5.78 Å². The van der Waals surface area contributed by atoms with Crippen LogP contribution in [0, 0.1) is 17.8 Å². The summed E-state index contributed by atoms with van der Waals surface area (Å²) in [5.41, 5.74) is 4.87. The van der Waals surface area contributed by atoms with Gasteiger partial charge in [-0.15, -0.1) is 0 Å². The minimum Gasteiger partial charge on any atom is -0.345 e. The van der Waals surface area contributed by atoms with Gasteiger partial charge < -0.3 is 5.32 Å². The number of hydrogen-bond donors (Lipinski definition) is 3. The van der Waals surface area contributed by atoms with Crippen molar-refractivity contribution in [2.45, 2.75) is 118 Å². The van der Waals surface area contributed by atoms with Crippen molar-refractivity contribution in [3.05, 3.63) is 0 Å². The van der Waals surface area contributed by atoms with Crippen molar-refractivity contribution >= 4 is 35.8 Å². The highest BCUT2D eigenvalue weighted by atomic mass is 16.2. The number of imide groups is 1. The van der Waals surface area contributed by atoms with Crippen LogP contribution < -0.4 is 16.2 Å². The van der Waals surface area contributed by atoms with E-state index in [1.54, 1.807) is 6.92 Å². The number of ketones is 1. The van der Waals surface area contributed by atoms with Crippen molar-refractivity contribution in [2.24, 2.45) is 17.8 Å². The molecular weight excluding hydrogens is 526 g/mol. The van der Waals surface area contributed by atoms with Crippen LogP contribution in [-0.4, -0.2) is 77.8 Å². The molecule has 41 heavy (non-hydrogen) atoms. The van der Waals surface area contributed by atoms with Crippen LogP contribution in [0.15, 0.2) is 0 Å². The van der Waals surface area contributed by atoms with Crippen molar-refractivity contribution in [3.63, 3.8) is 0 Å². The van der Waals surface area contributed by atoms with Gasteiger partial charge in [0.1, 0.15) is 0 Å². The lowest BCUT2D eigenvalue weighted by Crippen LogP contribution is -2.53. The lowest BCUT2D eigenvalue weighted by Gasteiger charge is -2.32. The summed E-state index contributed by atoms with van der Waals surface area (Å²) in [5.74, 6) is -1.03. The molecule has 0 bridgehead atoms. The fourth-order valence-corrected chi connectivity index (χ4v) is 4.63. The molecule has 11 nitrogen and oxygen atoms in total. The number of nitrogens with zero attached hydrogens (tertiary/aromatic N) is 2. The van der Waals surface area contributed by atoms with Gasteiger partial charge in [-0.2, -0.15) is 0 Å². The van der Waals surface area contributed by atoms with Gasteiger partial charge in [-0.25, -0.2) is 0 Å². The second-order valence-electron chi connectivity index (χ2n) is 11.7. The van der Waals surface area contributed by atoms with Gasteiger partial charge in [0.2, 0.25) is 30.0 Å². The molecule has 0 spiro atoms. The summed E-state index contributed by atoms with van der Waals surface area (Å²) in [6, 6.07) is -0.855. The minimum absolute atomic E-state index is 0.0171. The molecule has 0 saturated carbocycles. The smallest absolute Gasteiger partial charge is 0.238 e. The maximum Gasteiger partial charge on any atom is 0.238 e. The Labute approximate surface area is 246 Å². The van der Waals surface area contributed by atoms with E-state index in [4.69, 9.17) is 0 Å². The molecule has 0 aromatic heterocycles. The Balaban J connectivity index is 4.22. The van der Waals surface area contributed by atoms with E-state index in [0.717, 1.165) is 12.8 Å². The molecule has 0 saturated heterocycles. The Hall–Kier alpha value is -2.82. The molecule has 0 rings (SSSR count). The number of nitrogens with one attached hydrogen (secondary N) is 3. The predicted octanol–water partition coefficient (Wildman–Crippen LogP) is 2.97. The Morgan fingerprint density at radius 3 is 1.68 bits per heavy atom. The van der Waals surface area contributed by atoms with Crippen molar-refractivity contribution in [2.75, 3.05) is 20.1 Å². The molecule has 0 aliphatic heterocycles. The summed E-state index contributed by atoms with van der Waals surface area (Å²) >= 11 is 0. The van der Waals surface area contributed by atoms with E-state index in [1.165, 1.54) is 11.8 Å². The summed E-state index contributed by atoms with van der Waals surface area (Å²) in [6.45, 7) is 14.0. The monoisotopic (exact) mass is 581 g/mol. The second kappa shape index (κ2) is 21.0. The zero-order valence-electron chi connectivity index (χ0n) is 26.6. The SMILES string of the molecule is CCC(C)C(=O)N(C=O)CCCCCC(=O)NNC(=O)CCCCCN(C)C(C(=O)N[C@H](C(C)=O)C(C)C)C(C)C. The highest BCUT2D eigenvalue weighted by molar-refractivity contribution is 5.90. The van der Waals surface area contributed by atoms with Crippen molar-refractivity contribution in [3.8, 4) is 0 Å². The summed E-state index contributed by atoms with van der Waals surface area (Å²) in [7, 11) is 1.90. The molecule has 11 heteroatoms. The number of amides is 5. The molecule has 0 radical (unpaired) electrons. The fourth-order valence-electron chi connectivity index (χ4n) is 4.63. The van der Waals surface area contributed by atoms with E-state index < -0.39 is 6.04 Å². The van der Waals surface area contributed by atoms with Gasteiger partial charge in [0, 0.05) is 25.3 Å². The summed E-state index contributed by atoms with van der Waals surface area (Å²) in [6.07, 6.45) is 5.88. The number of carbonyl (C=O) groups excluding carboxylic acids is 6. The Kier molecular flexibility index (Phi) is 19.5. The lowest BCUT2D eigenvalue weighted by atomic mass is 9.97. The average Bonchev–Trinajstić information content (AvgIpc) is 2.90. The summed E-state index contributed by atoms with van der Waals surface area (Å²) in [4.78, 5) is 75.3. The standard InChI is InChI=1S/C30H55N5O6/c1-9-23(6)30(41)35(20-36)19-15-11-13-17-26(39)33-32-25(38)16-12-10-14-18-34(8)28(22(4)5)29(40)31-27(21(2)3)24(7)37/h20-23,27-28H,9-19H2,1-8H3,(H,31,40)(H,32,38)(H,33,39)/t23?,27-,28?/m0/s1. The van der Waals surface area contributed by atoms with Crippen molar-refractivity contribution < 1.29 is 28.8 Å². The molecule has 0 heterocycles. The van der Waals surface area contributed by atoms with Crippen LogP contribution in [0.1, 0.15) is 106 Å². The first-order valence-corrected chi connectivity index (χ1v) is 15.1. The van der Waals surface area contributed by atoms with Crippen molar-refractivity contribution in [1.82, 2.24) is 26.0 Å². The number of Topliss-reactive ketones (excluding diaryl/α,β-unsaturated/α-hetero) is 1. The normalized spacial score (nSPS) is 13.4. The Morgan fingerprint density at radius 1 is 0.756 bits per heavy atom. The molecule has 0 aromatic rings. The number of likely N-dealkylation sites (N-methyl/N-ethyl adjacent to an activating group) is 1. The number of rotatable bonds is 21. The van der Waals surface area contributed by atoms with Gasteiger partial charge in [-0.3, -0.25) is 49.4 Å². The number of hydrogen-bond acceptors (Lipinski definition) is 7. The molecule has 5 amide bonds. The zero-order chi connectivity index (χ0) is 31.5. The van der Waals surface area contributed by atoms with Crippen LogP contribution in [0.4, 0.5) is 0 Å². The first kappa shape index (κ1) is 38.2.